The number of hydrogen-bond donors (Lipinski definition) is 1. The van der Waals surface area contributed by atoms with Crippen molar-refractivity contribution in [3.63, 3.8) is 0 Å². The van der Waals surface area contributed by atoms with Gasteiger partial charge in [-0.1, -0.05) is 19.8 Å². The summed E-state index contributed by atoms with van der Waals surface area (Å²) >= 11 is 0. The fraction of sp³-hybridized carbons (Fsp3) is 0.647. The van der Waals surface area contributed by atoms with Gasteiger partial charge in [0, 0.05) is 24.8 Å². The Morgan fingerprint density at radius 2 is 1.85 bits per heavy atom. The Bertz CT molecular complexity index is 384. The van der Waals surface area contributed by atoms with Crippen molar-refractivity contribution in [2.75, 3.05) is 24.5 Å². The van der Waals surface area contributed by atoms with E-state index >= 15 is 0 Å². The summed E-state index contributed by atoms with van der Waals surface area (Å²) in [6.07, 6.45) is 5.43. The molecule has 0 heterocycles. The molecule has 20 heavy (non-hydrogen) atoms. The summed E-state index contributed by atoms with van der Waals surface area (Å²) in [5, 5.41) is 3.65. The first-order valence-electron chi connectivity index (χ1n) is 7.98. The summed E-state index contributed by atoms with van der Waals surface area (Å²) in [5.41, 5.74) is 1.12. The Morgan fingerprint density at radius 3 is 2.40 bits per heavy atom. The van der Waals surface area contributed by atoms with Gasteiger partial charge in [-0.2, -0.15) is 0 Å². The minimum Gasteiger partial charge on any atom is -0.370 e. The molecule has 0 aromatic heterocycles. The van der Waals surface area contributed by atoms with Crippen molar-refractivity contribution in [1.82, 2.24) is 5.32 Å². The fourth-order valence-electron chi connectivity index (χ4n) is 3.31. The van der Waals surface area contributed by atoms with Gasteiger partial charge >= 0.3 is 0 Å². The zero-order valence-corrected chi connectivity index (χ0v) is 12.7. The van der Waals surface area contributed by atoms with Crippen LogP contribution in [-0.4, -0.2) is 25.7 Å². The highest BCUT2D eigenvalue weighted by molar-refractivity contribution is 5.46. The maximum absolute atomic E-state index is 13.1. The smallest absolute Gasteiger partial charge is 0.123 e. The second-order valence-electron chi connectivity index (χ2n) is 5.72. The summed E-state index contributed by atoms with van der Waals surface area (Å²) in [5.74, 6) is 0.633. The summed E-state index contributed by atoms with van der Waals surface area (Å²) in [7, 11) is 0. The van der Waals surface area contributed by atoms with Gasteiger partial charge in [-0.05, 0) is 56.5 Å². The van der Waals surface area contributed by atoms with Gasteiger partial charge in [0.1, 0.15) is 5.82 Å². The molecule has 0 amide bonds. The Labute approximate surface area is 122 Å². The molecule has 1 fully saturated rings. The van der Waals surface area contributed by atoms with Gasteiger partial charge in [0.05, 0.1) is 0 Å². The number of rotatable bonds is 7. The molecule has 1 aliphatic carbocycles. The third-order valence-electron chi connectivity index (χ3n) is 4.43. The normalized spacial score (nSPS) is 17.4. The first-order valence-corrected chi connectivity index (χ1v) is 7.98. The number of likely N-dealkylation sites (N-methyl/N-ethyl adjacent to an activating group) is 2. The molecular formula is C17H27FN2. The number of benzene rings is 1. The molecule has 1 aromatic carbocycles. The van der Waals surface area contributed by atoms with Crippen molar-refractivity contribution in [1.29, 1.82) is 0 Å². The molecule has 1 unspecified atom stereocenters. The predicted molar refractivity (Wildman–Crippen MR) is 83.7 cm³/mol. The van der Waals surface area contributed by atoms with Crippen LogP contribution < -0.4 is 10.2 Å². The van der Waals surface area contributed by atoms with Gasteiger partial charge in [0.15, 0.2) is 0 Å². The molecule has 112 valence electrons. The van der Waals surface area contributed by atoms with Gasteiger partial charge in [0.25, 0.3) is 0 Å². The third-order valence-corrected chi connectivity index (χ3v) is 4.43. The minimum absolute atomic E-state index is 0.163. The molecule has 1 atom stereocenters. The van der Waals surface area contributed by atoms with Crippen LogP contribution in [0.1, 0.15) is 39.5 Å². The maximum Gasteiger partial charge on any atom is 0.123 e. The van der Waals surface area contributed by atoms with E-state index in [2.05, 4.69) is 24.1 Å². The van der Waals surface area contributed by atoms with Crippen LogP contribution in [0.5, 0.6) is 0 Å². The van der Waals surface area contributed by atoms with Gasteiger partial charge in [-0.3, -0.25) is 0 Å². The van der Waals surface area contributed by atoms with Crippen molar-refractivity contribution < 1.29 is 4.39 Å². The second kappa shape index (κ2) is 7.63. The van der Waals surface area contributed by atoms with Crippen LogP contribution in [-0.2, 0) is 0 Å². The number of nitrogens with zero attached hydrogens (tertiary/aromatic N) is 1. The quantitative estimate of drug-likeness (QED) is 0.815. The Hall–Kier alpha value is -1.09. The average Bonchev–Trinajstić information content (AvgIpc) is 2.99. The molecular weight excluding hydrogens is 251 g/mol. The lowest BCUT2D eigenvalue weighted by molar-refractivity contribution is 0.364. The van der Waals surface area contributed by atoms with Gasteiger partial charge in [-0.25, -0.2) is 4.39 Å². The molecule has 0 radical (unpaired) electrons. The number of nitrogens with one attached hydrogen (secondary N) is 1. The van der Waals surface area contributed by atoms with E-state index in [1.807, 2.05) is 12.1 Å². The van der Waals surface area contributed by atoms with E-state index in [-0.39, 0.29) is 5.82 Å². The Balaban J connectivity index is 2.03. The Morgan fingerprint density at radius 1 is 1.20 bits per heavy atom. The summed E-state index contributed by atoms with van der Waals surface area (Å²) in [6, 6.07) is 7.42. The predicted octanol–water partition coefficient (Wildman–Crippen LogP) is 3.82. The van der Waals surface area contributed by atoms with Crippen LogP contribution in [0, 0.1) is 11.7 Å². The SMILES string of the molecule is CCNC(CN(CC)c1ccc(F)cc1)C1CCCC1. The zero-order chi connectivity index (χ0) is 14.4. The third kappa shape index (κ3) is 3.95. The standard InChI is InChI=1S/C17H27FN2/c1-3-19-17(14-7-5-6-8-14)13-20(4-2)16-11-9-15(18)10-12-16/h9-12,14,17,19H,3-8,13H2,1-2H3. The summed E-state index contributed by atoms with van der Waals surface area (Å²) in [6.45, 7) is 7.33. The molecule has 2 rings (SSSR count). The molecule has 0 spiro atoms. The van der Waals surface area contributed by atoms with Gasteiger partial charge in [-0.15, -0.1) is 0 Å². The molecule has 1 N–H and O–H groups in total. The molecule has 1 aliphatic rings. The molecule has 3 heteroatoms. The molecule has 0 aliphatic heterocycles. The zero-order valence-electron chi connectivity index (χ0n) is 12.7. The van der Waals surface area contributed by atoms with Crippen LogP contribution in [0.25, 0.3) is 0 Å². The van der Waals surface area contributed by atoms with Crippen LogP contribution >= 0.6 is 0 Å². The van der Waals surface area contributed by atoms with Crippen LogP contribution in [0.15, 0.2) is 24.3 Å². The van der Waals surface area contributed by atoms with E-state index in [1.54, 1.807) is 12.1 Å². The molecule has 1 aromatic rings. The van der Waals surface area contributed by atoms with Gasteiger partial charge in [0.2, 0.25) is 0 Å². The van der Waals surface area contributed by atoms with E-state index < -0.39 is 0 Å². The van der Waals surface area contributed by atoms with Crippen molar-refractivity contribution >= 4 is 5.69 Å². The topological polar surface area (TPSA) is 15.3 Å². The van der Waals surface area contributed by atoms with Crippen molar-refractivity contribution in [2.45, 2.75) is 45.6 Å². The number of hydrogen-bond acceptors (Lipinski definition) is 2. The average molecular weight is 278 g/mol. The lowest BCUT2D eigenvalue weighted by atomic mass is 9.97. The van der Waals surface area contributed by atoms with E-state index in [4.69, 9.17) is 0 Å². The summed E-state index contributed by atoms with van der Waals surface area (Å²) in [4.78, 5) is 2.35. The first-order chi connectivity index (χ1) is 9.74. The molecule has 1 saturated carbocycles. The largest absolute Gasteiger partial charge is 0.370 e. The van der Waals surface area contributed by atoms with Crippen LogP contribution in [0.3, 0.4) is 0 Å². The lowest BCUT2D eigenvalue weighted by Crippen LogP contribution is -2.45. The molecule has 0 bridgehead atoms. The maximum atomic E-state index is 13.1. The second-order valence-corrected chi connectivity index (χ2v) is 5.72. The number of halogens is 1. The van der Waals surface area contributed by atoms with E-state index in [0.717, 1.165) is 31.2 Å². The first kappa shape index (κ1) is 15.3. The highest BCUT2D eigenvalue weighted by Crippen LogP contribution is 2.29. The highest BCUT2D eigenvalue weighted by atomic mass is 19.1. The van der Waals surface area contributed by atoms with Crippen molar-refractivity contribution in [3.8, 4) is 0 Å². The summed E-state index contributed by atoms with van der Waals surface area (Å²) < 4.78 is 13.1. The van der Waals surface area contributed by atoms with Crippen LogP contribution in [0.2, 0.25) is 0 Å². The monoisotopic (exact) mass is 278 g/mol. The van der Waals surface area contributed by atoms with Crippen molar-refractivity contribution in [2.24, 2.45) is 5.92 Å². The molecule has 2 nitrogen and oxygen atoms in total. The minimum atomic E-state index is -0.163. The van der Waals surface area contributed by atoms with E-state index in [9.17, 15) is 4.39 Å². The van der Waals surface area contributed by atoms with E-state index in [1.165, 1.54) is 25.7 Å². The molecule has 0 saturated heterocycles. The van der Waals surface area contributed by atoms with E-state index in [0.29, 0.717) is 6.04 Å². The lowest BCUT2D eigenvalue weighted by Gasteiger charge is -2.32. The van der Waals surface area contributed by atoms with Crippen LogP contribution in [0.4, 0.5) is 10.1 Å². The fourth-order valence-corrected chi connectivity index (χ4v) is 3.31. The number of anilines is 1. The van der Waals surface area contributed by atoms with Gasteiger partial charge < -0.3 is 10.2 Å². The highest BCUT2D eigenvalue weighted by Gasteiger charge is 2.25. The van der Waals surface area contributed by atoms with Crippen molar-refractivity contribution in [3.05, 3.63) is 30.1 Å². The Kier molecular flexibility index (Phi) is 5.84.